The number of ether oxygens (including phenoxy) is 1. The zero-order valence-electron chi connectivity index (χ0n) is 8.89. The van der Waals surface area contributed by atoms with Crippen LogP contribution in [0.5, 0.6) is 0 Å². The highest BCUT2D eigenvalue weighted by molar-refractivity contribution is 6.17. The largest absolute Gasteiger partial charge is 0.373 e. The first-order valence-electron chi connectivity index (χ1n) is 5.65. The predicted molar refractivity (Wildman–Crippen MR) is 53.1 cm³/mol. The molecule has 17 heavy (non-hydrogen) atoms. The van der Waals surface area contributed by atoms with E-state index in [1.165, 1.54) is 17.3 Å². The molecule has 0 aliphatic carbocycles. The molecule has 0 spiro atoms. The van der Waals surface area contributed by atoms with Crippen molar-refractivity contribution in [1.29, 1.82) is 0 Å². The van der Waals surface area contributed by atoms with Crippen molar-refractivity contribution in [3.8, 4) is 0 Å². The third-order valence-electron chi connectivity index (χ3n) is 3.90. The Morgan fingerprint density at radius 3 is 2.12 bits per heavy atom. The van der Waals surface area contributed by atoms with E-state index in [-0.39, 0.29) is 35.9 Å². The summed E-state index contributed by atoms with van der Waals surface area (Å²) in [5.74, 6) is -0.980. The van der Waals surface area contributed by atoms with E-state index in [0.29, 0.717) is 0 Å². The molecule has 4 rings (SSSR count). The van der Waals surface area contributed by atoms with Crippen molar-refractivity contribution in [3.63, 3.8) is 0 Å². The number of fused-ring (bicyclic) bond motifs is 5. The standard InChI is InChI=1S/C10H10N4O3/c15-9-7-5-1-2-6(17-5)8(7)10(16)14(9)13-3-11-12-4-13/h3-8H,1-2H2/t5-,6+,7-,8-/m0/s1. The van der Waals surface area contributed by atoms with Gasteiger partial charge in [0.05, 0.1) is 24.0 Å². The van der Waals surface area contributed by atoms with Crippen LogP contribution in [0.15, 0.2) is 12.7 Å². The van der Waals surface area contributed by atoms with E-state index in [4.69, 9.17) is 4.74 Å². The predicted octanol–water partition coefficient (Wildman–Crippen LogP) is -0.924. The highest BCUT2D eigenvalue weighted by atomic mass is 16.5. The second-order valence-electron chi connectivity index (χ2n) is 4.67. The van der Waals surface area contributed by atoms with Crippen LogP contribution in [0.3, 0.4) is 0 Å². The number of nitrogens with zero attached hydrogens (tertiary/aromatic N) is 4. The van der Waals surface area contributed by atoms with Gasteiger partial charge in [0.15, 0.2) is 0 Å². The normalized spacial score (nSPS) is 39.2. The van der Waals surface area contributed by atoms with Crippen molar-refractivity contribution in [3.05, 3.63) is 12.7 Å². The van der Waals surface area contributed by atoms with Crippen molar-refractivity contribution in [2.24, 2.45) is 11.8 Å². The maximum Gasteiger partial charge on any atom is 0.255 e. The summed E-state index contributed by atoms with van der Waals surface area (Å²) in [6, 6.07) is 0. The second kappa shape index (κ2) is 2.92. The molecule has 0 unspecified atom stereocenters. The summed E-state index contributed by atoms with van der Waals surface area (Å²) in [4.78, 5) is 24.5. The van der Waals surface area contributed by atoms with Crippen LogP contribution in [0.4, 0.5) is 0 Å². The number of carbonyl (C=O) groups is 2. The fourth-order valence-corrected chi connectivity index (χ4v) is 3.22. The fraction of sp³-hybridized carbons (Fsp3) is 0.600. The Kier molecular flexibility index (Phi) is 1.60. The first kappa shape index (κ1) is 9.29. The molecule has 2 bridgehead atoms. The number of hydrogen-bond donors (Lipinski definition) is 0. The number of imide groups is 1. The summed E-state index contributed by atoms with van der Waals surface area (Å²) >= 11 is 0. The number of rotatable bonds is 1. The smallest absolute Gasteiger partial charge is 0.255 e. The molecule has 1 aromatic heterocycles. The topological polar surface area (TPSA) is 77.3 Å². The Hall–Kier alpha value is -1.76. The Bertz CT molecular complexity index is 472. The lowest BCUT2D eigenvalue weighted by atomic mass is 9.81. The van der Waals surface area contributed by atoms with Crippen molar-refractivity contribution in [1.82, 2.24) is 14.9 Å². The van der Waals surface area contributed by atoms with Gasteiger partial charge in [-0.15, -0.1) is 10.2 Å². The van der Waals surface area contributed by atoms with Crippen LogP contribution >= 0.6 is 0 Å². The SMILES string of the molecule is O=C1[C@@H]2[C@@H](C(=O)N1n1cnnc1)[C@H]1CC[C@@H]2O1. The number of amides is 2. The van der Waals surface area contributed by atoms with Gasteiger partial charge in [-0.05, 0) is 12.8 Å². The van der Waals surface area contributed by atoms with Gasteiger partial charge in [-0.3, -0.25) is 9.59 Å². The minimum atomic E-state index is -0.302. The molecule has 7 heteroatoms. The summed E-state index contributed by atoms with van der Waals surface area (Å²) in [6.07, 6.45) is 4.31. The monoisotopic (exact) mass is 234 g/mol. The summed E-state index contributed by atoms with van der Waals surface area (Å²) in [6.45, 7) is 0. The first-order valence-corrected chi connectivity index (χ1v) is 5.65. The first-order chi connectivity index (χ1) is 8.27. The lowest BCUT2D eigenvalue weighted by Crippen LogP contribution is -2.42. The van der Waals surface area contributed by atoms with Gasteiger partial charge in [-0.25, -0.2) is 4.68 Å². The van der Waals surface area contributed by atoms with Gasteiger partial charge in [-0.1, -0.05) is 0 Å². The summed E-state index contributed by atoms with van der Waals surface area (Å²) in [7, 11) is 0. The fourth-order valence-electron chi connectivity index (χ4n) is 3.22. The number of carbonyl (C=O) groups excluding carboxylic acids is 2. The van der Waals surface area contributed by atoms with Gasteiger partial charge >= 0.3 is 0 Å². The molecule has 7 nitrogen and oxygen atoms in total. The molecular formula is C10H10N4O3. The summed E-state index contributed by atoms with van der Waals surface area (Å²) in [5.41, 5.74) is 0. The quantitative estimate of drug-likeness (QED) is 0.587. The minimum absolute atomic E-state index is 0.0806. The van der Waals surface area contributed by atoms with Crippen LogP contribution in [0, 0.1) is 11.8 Å². The molecule has 3 fully saturated rings. The van der Waals surface area contributed by atoms with Crippen molar-refractivity contribution in [2.75, 3.05) is 5.01 Å². The van der Waals surface area contributed by atoms with E-state index in [9.17, 15) is 9.59 Å². The highest BCUT2D eigenvalue weighted by Gasteiger charge is 2.63. The van der Waals surface area contributed by atoms with E-state index >= 15 is 0 Å². The average molecular weight is 234 g/mol. The minimum Gasteiger partial charge on any atom is -0.373 e. The van der Waals surface area contributed by atoms with Gasteiger partial charge in [0.2, 0.25) is 0 Å². The van der Waals surface area contributed by atoms with E-state index in [0.717, 1.165) is 17.9 Å². The Morgan fingerprint density at radius 1 is 1.06 bits per heavy atom. The van der Waals surface area contributed by atoms with Crippen LogP contribution in [0.1, 0.15) is 12.8 Å². The second-order valence-corrected chi connectivity index (χ2v) is 4.67. The maximum atomic E-state index is 12.2. The zero-order valence-corrected chi connectivity index (χ0v) is 8.89. The van der Waals surface area contributed by atoms with Crippen LogP contribution in [-0.4, -0.2) is 38.9 Å². The molecule has 0 saturated carbocycles. The van der Waals surface area contributed by atoms with Crippen LogP contribution in [0.2, 0.25) is 0 Å². The third kappa shape index (κ3) is 0.998. The molecule has 3 aliphatic heterocycles. The highest BCUT2D eigenvalue weighted by Crippen LogP contribution is 2.47. The average Bonchev–Trinajstić information content (AvgIpc) is 3.03. The summed E-state index contributed by atoms with van der Waals surface area (Å²) in [5, 5.41) is 8.38. The van der Waals surface area contributed by atoms with Crippen LogP contribution in [0.25, 0.3) is 0 Å². The van der Waals surface area contributed by atoms with Crippen molar-refractivity contribution in [2.45, 2.75) is 25.0 Å². The van der Waals surface area contributed by atoms with E-state index in [1.807, 2.05) is 0 Å². The number of hydrogen-bond acceptors (Lipinski definition) is 5. The summed E-state index contributed by atoms with van der Waals surface area (Å²) < 4.78 is 6.99. The van der Waals surface area contributed by atoms with Gasteiger partial charge < -0.3 is 4.74 Å². The zero-order chi connectivity index (χ0) is 11.6. The number of aromatic nitrogens is 3. The third-order valence-corrected chi connectivity index (χ3v) is 3.90. The molecule has 0 N–H and O–H groups in total. The lowest BCUT2D eigenvalue weighted by Gasteiger charge is -2.16. The van der Waals surface area contributed by atoms with Crippen LogP contribution in [-0.2, 0) is 14.3 Å². The van der Waals surface area contributed by atoms with Gasteiger partial charge in [-0.2, -0.15) is 5.01 Å². The van der Waals surface area contributed by atoms with Gasteiger partial charge in [0, 0.05) is 0 Å². The van der Waals surface area contributed by atoms with E-state index < -0.39 is 0 Å². The molecule has 2 amide bonds. The molecule has 88 valence electrons. The molecule has 1 aromatic rings. The maximum absolute atomic E-state index is 12.2. The van der Waals surface area contributed by atoms with Crippen molar-refractivity contribution >= 4 is 11.8 Å². The van der Waals surface area contributed by atoms with Crippen LogP contribution < -0.4 is 5.01 Å². The molecule has 0 radical (unpaired) electrons. The molecule has 3 saturated heterocycles. The van der Waals surface area contributed by atoms with Gasteiger partial charge in [0.25, 0.3) is 11.8 Å². The Balaban J connectivity index is 1.77. The van der Waals surface area contributed by atoms with Gasteiger partial charge in [0.1, 0.15) is 12.7 Å². The Labute approximate surface area is 96.3 Å². The lowest BCUT2D eigenvalue weighted by molar-refractivity contribution is -0.127. The molecule has 4 heterocycles. The molecule has 4 atom stereocenters. The Morgan fingerprint density at radius 2 is 1.59 bits per heavy atom. The van der Waals surface area contributed by atoms with E-state index in [2.05, 4.69) is 10.2 Å². The molecule has 3 aliphatic rings. The van der Waals surface area contributed by atoms with E-state index in [1.54, 1.807) is 0 Å². The molecular weight excluding hydrogens is 224 g/mol. The van der Waals surface area contributed by atoms with Crippen molar-refractivity contribution < 1.29 is 14.3 Å². The molecule has 0 aromatic carbocycles.